The van der Waals surface area contributed by atoms with Gasteiger partial charge in [-0.3, -0.25) is 19.3 Å². The van der Waals surface area contributed by atoms with Crippen molar-refractivity contribution in [1.82, 2.24) is 10.2 Å². The van der Waals surface area contributed by atoms with E-state index in [0.29, 0.717) is 29.8 Å². The first-order valence-corrected chi connectivity index (χ1v) is 11.4. The molecule has 162 valence electrons. The smallest absolute Gasteiger partial charge is 0.261 e. The zero-order valence-corrected chi connectivity index (χ0v) is 18.0. The van der Waals surface area contributed by atoms with Gasteiger partial charge in [0.05, 0.1) is 0 Å². The van der Waals surface area contributed by atoms with E-state index in [-0.39, 0.29) is 17.7 Å². The second kappa shape index (κ2) is 8.58. The lowest BCUT2D eigenvalue weighted by molar-refractivity contribution is 0.0607. The van der Waals surface area contributed by atoms with Gasteiger partial charge in [0.2, 0.25) is 0 Å². The SMILES string of the molecule is O=C(NCCCCCCN1C(=O)c2ccc3c4c(ccc(c24)C1=O)CC3)c1ccccc1. The molecular weight excluding hydrogens is 400 g/mol. The molecule has 2 aliphatic rings. The van der Waals surface area contributed by atoms with Crippen LogP contribution in [-0.4, -0.2) is 35.7 Å². The molecule has 0 atom stereocenters. The van der Waals surface area contributed by atoms with Crippen LogP contribution in [0.15, 0.2) is 54.6 Å². The predicted molar refractivity (Wildman–Crippen MR) is 124 cm³/mol. The molecule has 3 amide bonds. The van der Waals surface area contributed by atoms with Gasteiger partial charge in [-0.1, -0.05) is 43.2 Å². The van der Waals surface area contributed by atoms with Gasteiger partial charge in [-0.25, -0.2) is 0 Å². The fourth-order valence-corrected chi connectivity index (χ4v) is 4.91. The maximum absolute atomic E-state index is 13.1. The first-order chi connectivity index (χ1) is 15.6. The topological polar surface area (TPSA) is 66.5 Å². The normalized spacial score (nSPS) is 14.3. The number of benzene rings is 3. The molecule has 0 fully saturated rings. The molecule has 0 saturated heterocycles. The van der Waals surface area contributed by atoms with Crippen molar-refractivity contribution in [2.45, 2.75) is 38.5 Å². The van der Waals surface area contributed by atoms with E-state index in [1.807, 2.05) is 42.5 Å². The largest absolute Gasteiger partial charge is 0.352 e. The Kier molecular flexibility index (Phi) is 5.48. The minimum absolute atomic E-state index is 0.0572. The highest BCUT2D eigenvalue weighted by Crippen LogP contribution is 2.38. The zero-order valence-electron chi connectivity index (χ0n) is 18.0. The molecule has 5 heteroatoms. The molecule has 1 aliphatic heterocycles. The average Bonchev–Trinajstić information content (AvgIpc) is 3.25. The molecule has 5 rings (SSSR count). The molecule has 0 spiro atoms. The first-order valence-electron chi connectivity index (χ1n) is 11.4. The van der Waals surface area contributed by atoms with Crippen molar-refractivity contribution >= 4 is 28.5 Å². The fraction of sp³-hybridized carbons (Fsp3) is 0.296. The van der Waals surface area contributed by atoms with Crippen LogP contribution in [0.1, 0.15) is 67.9 Å². The zero-order chi connectivity index (χ0) is 22.1. The standard InChI is InChI=1S/C27H26N2O3/c30-25(20-8-4-3-5-9-20)28-16-6-1-2-7-17-29-26(31)21-14-12-18-10-11-19-13-15-22(27(29)32)24(21)23(18)19/h3-5,8-9,12-15H,1-2,6-7,10-11,16-17H2,(H,28,30). The fourth-order valence-electron chi connectivity index (χ4n) is 4.91. The second-order valence-electron chi connectivity index (χ2n) is 8.59. The summed E-state index contributed by atoms with van der Waals surface area (Å²) in [5, 5.41) is 4.92. The van der Waals surface area contributed by atoms with Crippen molar-refractivity contribution in [1.29, 1.82) is 0 Å². The number of hydrogen-bond acceptors (Lipinski definition) is 3. The van der Waals surface area contributed by atoms with Gasteiger partial charge in [-0.15, -0.1) is 0 Å². The van der Waals surface area contributed by atoms with Crippen LogP contribution in [0, 0.1) is 0 Å². The van der Waals surface area contributed by atoms with Crippen LogP contribution in [0.5, 0.6) is 0 Å². The molecule has 1 N–H and O–H groups in total. The van der Waals surface area contributed by atoms with Crippen LogP contribution in [0.3, 0.4) is 0 Å². The predicted octanol–water partition coefficient (Wildman–Crippen LogP) is 4.52. The van der Waals surface area contributed by atoms with E-state index < -0.39 is 0 Å². The van der Waals surface area contributed by atoms with Crippen LogP contribution < -0.4 is 5.32 Å². The number of rotatable bonds is 8. The van der Waals surface area contributed by atoms with Crippen LogP contribution in [0.25, 0.3) is 10.8 Å². The number of carbonyl (C=O) groups excluding carboxylic acids is 3. The first kappa shape index (κ1) is 20.4. The summed E-state index contributed by atoms with van der Waals surface area (Å²) in [7, 11) is 0. The Labute approximate surface area is 187 Å². The molecule has 3 aromatic rings. The number of nitrogens with one attached hydrogen (secondary N) is 1. The highest BCUT2D eigenvalue weighted by Gasteiger charge is 2.34. The second-order valence-corrected chi connectivity index (χ2v) is 8.59. The van der Waals surface area contributed by atoms with E-state index in [9.17, 15) is 14.4 Å². The van der Waals surface area contributed by atoms with Crippen molar-refractivity contribution < 1.29 is 14.4 Å². The van der Waals surface area contributed by atoms with E-state index in [1.54, 1.807) is 12.1 Å². The number of unbranched alkanes of at least 4 members (excludes halogenated alkanes) is 3. The van der Waals surface area contributed by atoms with Crippen molar-refractivity contribution in [2.75, 3.05) is 13.1 Å². The van der Waals surface area contributed by atoms with Crippen LogP contribution in [0.4, 0.5) is 0 Å². The van der Waals surface area contributed by atoms with E-state index >= 15 is 0 Å². The summed E-state index contributed by atoms with van der Waals surface area (Å²) in [6.07, 6.45) is 5.43. The molecule has 1 aliphatic carbocycles. The van der Waals surface area contributed by atoms with Gasteiger partial charge in [-0.2, -0.15) is 0 Å². The number of aryl methyl sites for hydroxylation is 2. The van der Waals surface area contributed by atoms with Gasteiger partial charge >= 0.3 is 0 Å². The molecule has 0 radical (unpaired) electrons. The summed E-state index contributed by atoms with van der Waals surface area (Å²) in [4.78, 5) is 39.6. The Morgan fingerprint density at radius 1 is 0.750 bits per heavy atom. The summed E-state index contributed by atoms with van der Waals surface area (Å²) in [6.45, 7) is 1.05. The lowest BCUT2D eigenvalue weighted by Crippen LogP contribution is -2.41. The molecule has 0 saturated carbocycles. The third-order valence-corrected chi connectivity index (χ3v) is 6.58. The Balaban J connectivity index is 1.14. The molecule has 0 unspecified atom stereocenters. The van der Waals surface area contributed by atoms with Gasteiger partial charge in [0.1, 0.15) is 0 Å². The molecule has 3 aromatic carbocycles. The maximum atomic E-state index is 13.1. The molecule has 32 heavy (non-hydrogen) atoms. The number of imide groups is 1. The third kappa shape index (κ3) is 3.58. The Hall–Kier alpha value is -3.47. The molecule has 0 aromatic heterocycles. The Morgan fingerprint density at radius 2 is 1.38 bits per heavy atom. The van der Waals surface area contributed by atoms with E-state index in [2.05, 4.69) is 5.32 Å². The van der Waals surface area contributed by atoms with E-state index in [0.717, 1.165) is 49.3 Å². The molecular formula is C27H26N2O3. The number of hydrogen-bond donors (Lipinski definition) is 1. The number of amides is 3. The summed E-state index contributed by atoms with van der Waals surface area (Å²) in [5.41, 5.74) is 4.47. The minimum atomic E-state index is -0.173. The van der Waals surface area contributed by atoms with Crippen LogP contribution >= 0.6 is 0 Å². The van der Waals surface area contributed by atoms with Crippen molar-refractivity contribution in [3.63, 3.8) is 0 Å². The van der Waals surface area contributed by atoms with Gasteiger partial charge in [0, 0.05) is 35.2 Å². The third-order valence-electron chi connectivity index (χ3n) is 6.58. The quantitative estimate of drug-likeness (QED) is 0.425. The van der Waals surface area contributed by atoms with Gasteiger partial charge in [0.15, 0.2) is 0 Å². The Morgan fingerprint density at radius 3 is 2.03 bits per heavy atom. The van der Waals surface area contributed by atoms with Gasteiger partial charge in [-0.05, 0) is 66.5 Å². The molecule has 0 bridgehead atoms. The van der Waals surface area contributed by atoms with Gasteiger partial charge < -0.3 is 5.32 Å². The lowest BCUT2D eigenvalue weighted by Gasteiger charge is -2.27. The van der Waals surface area contributed by atoms with Crippen LogP contribution in [0.2, 0.25) is 0 Å². The number of carbonyl (C=O) groups is 3. The van der Waals surface area contributed by atoms with Crippen molar-refractivity contribution in [3.05, 3.63) is 82.4 Å². The minimum Gasteiger partial charge on any atom is -0.352 e. The highest BCUT2D eigenvalue weighted by atomic mass is 16.2. The van der Waals surface area contributed by atoms with Gasteiger partial charge in [0.25, 0.3) is 17.7 Å². The number of nitrogens with zero attached hydrogens (tertiary/aromatic N) is 1. The molecule has 5 nitrogen and oxygen atoms in total. The maximum Gasteiger partial charge on any atom is 0.261 e. The summed E-state index contributed by atoms with van der Waals surface area (Å²) < 4.78 is 0. The monoisotopic (exact) mass is 426 g/mol. The van der Waals surface area contributed by atoms with E-state index in [1.165, 1.54) is 16.0 Å². The summed E-state index contributed by atoms with van der Waals surface area (Å²) in [5.74, 6) is -0.403. The lowest BCUT2D eigenvalue weighted by atomic mass is 9.91. The average molecular weight is 427 g/mol. The van der Waals surface area contributed by atoms with Crippen LogP contribution in [-0.2, 0) is 12.8 Å². The van der Waals surface area contributed by atoms with Crippen molar-refractivity contribution in [3.8, 4) is 0 Å². The highest BCUT2D eigenvalue weighted by molar-refractivity contribution is 6.26. The summed E-state index contributed by atoms with van der Waals surface area (Å²) >= 11 is 0. The Bertz CT molecular complexity index is 1160. The van der Waals surface area contributed by atoms with Crippen molar-refractivity contribution in [2.24, 2.45) is 0 Å². The molecule has 1 heterocycles. The van der Waals surface area contributed by atoms with E-state index in [4.69, 9.17) is 0 Å². The summed E-state index contributed by atoms with van der Waals surface area (Å²) in [6, 6.07) is 17.1.